The Labute approximate surface area is 158 Å². The molecule has 27 heavy (non-hydrogen) atoms. The molecule has 0 aliphatic rings. The van der Waals surface area contributed by atoms with Crippen molar-refractivity contribution >= 4 is 17.7 Å². The minimum absolute atomic E-state index is 0.134. The molecule has 7 heteroatoms. The summed E-state index contributed by atoms with van der Waals surface area (Å²) < 4.78 is 5.12. The van der Waals surface area contributed by atoms with Gasteiger partial charge in [0, 0.05) is 5.56 Å². The van der Waals surface area contributed by atoms with E-state index in [9.17, 15) is 14.4 Å². The van der Waals surface area contributed by atoms with Gasteiger partial charge in [-0.25, -0.2) is 0 Å². The fourth-order valence-corrected chi connectivity index (χ4v) is 2.40. The summed E-state index contributed by atoms with van der Waals surface area (Å²) in [6.07, 6.45) is 1.52. The van der Waals surface area contributed by atoms with Crippen molar-refractivity contribution in [1.29, 1.82) is 0 Å². The second kappa shape index (κ2) is 9.56. The van der Waals surface area contributed by atoms with Crippen LogP contribution < -0.4 is 16.0 Å². The molecule has 0 saturated heterocycles. The molecule has 1 aromatic heterocycles. The van der Waals surface area contributed by atoms with Crippen molar-refractivity contribution in [2.75, 3.05) is 6.54 Å². The van der Waals surface area contributed by atoms with Crippen molar-refractivity contribution in [2.24, 2.45) is 5.92 Å². The highest BCUT2D eigenvalue weighted by Gasteiger charge is 2.25. The first-order chi connectivity index (χ1) is 12.9. The summed E-state index contributed by atoms with van der Waals surface area (Å²) >= 11 is 0. The first-order valence-electron chi connectivity index (χ1n) is 8.81. The van der Waals surface area contributed by atoms with Crippen molar-refractivity contribution in [3.63, 3.8) is 0 Å². The van der Waals surface area contributed by atoms with Crippen LogP contribution in [0.25, 0.3) is 0 Å². The highest BCUT2D eigenvalue weighted by molar-refractivity contribution is 5.98. The molecule has 1 unspecified atom stereocenters. The summed E-state index contributed by atoms with van der Waals surface area (Å²) in [5.41, 5.74) is 1.53. The van der Waals surface area contributed by atoms with E-state index in [0.29, 0.717) is 11.3 Å². The van der Waals surface area contributed by atoms with E-state index < -0.39 is 11.9 Å². The first kappa shape index (κ1) is 20.2. The Hall–Kier alpha value is -3.09. The molecule has 2 aromatic rings. The zero-order valence-electron chi connectivity index (χ0n) is 15.7. The van der Waals surface area contributed by atoms with E-state index in [0.717, 1.165) is 5.56 Å². The lowest BCUT2D eigenvalue weighted by atomic mass is 10.0. The maximum atomic E-state index is 12.4. The summed E-state index contributed by atoms with van der Waals surface area (Å²) in [7, 11) is 0. The van der Waals surface area contributed by atoms with Crippen molar-refractivity contribution < 1.29 is 18.8 Å². The van der Waals surface area contributed by atoms with Gasteiger partial charge in [-0.15, -0.1) is 0 Å². The zero-order chi connectivity index (χ0) is 19.8. The maximum absolute atomic E-state index is 12.4. The second-order valence-electron chi connectivity index (χ2n) is 6.64. The molecule has 1 heterocycles. The smallest absolute Gasteiger partial charge is 0.251 e. The molecule has 0 spiro atoms. The van der Waals surface area contributed by atoms with Crippen molar-refractivity contribution in [3.8, 4) is 0 Å². The average molecular weight is 371 g/mol. The number of benzene rings is 1. The molecule has 0 aliphatic heterocycles. The molecule has 0 bridgehead atoms. The van der Waals surface area contributed by atoms with Crippen LogP contribution in [0.2, 0.25) is 0 Å². The minimum atomic E-state index is -0.739. The van der Waals surface area contributed by atoms with Crippen LogP contribution in [0.4, 0.5) is 0 Å². The van der Waals surface area contributed by atoms with Gasteiger partial charge >= 0.3 is 0 Å². The molecule has 0 fully saturated rings. The Morgan fingerprint density at radius 3 is 2.33 bits per heavy atom. The number of hydrogen-bond acceptors (Lipinski definition) is 4. The number of furan rings is 1. The van der Waals surface area contributed by atoms with Gasteiger partial charge in [-0.3, -0.25) is 14.4 Å². The predicted octanol–water partition coefficient (Wildman–Crippen LogP) is 1.78. The summed E-state index contributed by atoms with van der Waals surface area (Å²) in [5.74, 6) is -0.581. The Bertz CT molecular complexity index is 767. The lowest BCUT2D eigenvalue weighted by molar-refractivity contribution is -0.127. The summed E-state index contributed by atoms with van der Waals surface area (Å²) in [6.45, 7) is 5.67. The summed E-state index contributed by atoms with van der Waals surface area (Å²) in [6, 6.07) is 9.83. The summed E-state index contributed by atoms with van der Waals surface area (Å²) in [5, 5.41) is 7.94. The number of nitrogens with one attached hydrogen (secondary N) is 3. The number of amides is 3. The highest BCUT2D eigenvalue weighted by atomic mass is 16.3. The molecule has 3 amide bonds. The van der Waals surface area contributed by atoms with Gasteiger partial charge in [0.1, 0.15) is 11.8 Å². The Morgan fingerprint density at radius 1 is 1.04 bits per heavy atom. The van der Waals surface area contributed by atoms with Gasteiger partial charge in [0.05, 0.1) is 19.4 Å². The Balaban J connectivity index is 1.85. The molecular formula is C20H25N3O4. The molecule has 0 radical (unpaired) electrons. The molecule has 0 aliphatic carbocycles. The number of carbonyl (C=O) groups excluding carboxylic acids is 3. The molecule has 3 N–H and O–H groups in total. The van der Waals surface area contributed by atoms with E-state index in [1.807, 2.05) is 32.9 Å². The fraction of sp³-hybridized carbons (Fsp3) is 0.350. The molecule has 2 rings (SSSR count). The number of aryl methyl sites for hydroxylation is 1. The van der Waals surface area contributed by atoms with Crippen molar-refractivity contribution in [2.45, 2.75) is 33.4 Å². The van der Waals surface area contributed by atoms with Gasteiger partial charge in [0.2, 0.25) is 11.8 Å². The van der Waals surface area contributed by atoms with E-state index in [1.54, 1.807) is 24.3 Å². The van der Waals surface area contributed by atoms with Crippen molar-refractivity contribution in [3.05, 3.63) is 59.5 Å². The van der Waals surface area contributed by atoms with Gasteiger partial charge in [0.15, 0.2) is 0 Å². The van der Waals surface area contributed by atoms with Gasteiger partial charge in [-0.05, 0) is 37.1 Å². The van der Waals surface area contributed by atoms with E-state index in [1.165, 1.54) is 6.26 Å². The Kier molecular flexibility index (Phi) is 7.16. The molecule has 7 nitrogen and oxygen atoms in total. The third-order valence-corrected chi connectivity index (χ3v) is 4.01. The topological polar surface area (TPSA) is 100 Å². The monoisotopic (exact) mass is 371 g/mol. The minimum Gasteiger partial charge on any atom is -0.467 e. The van der Waals surface area contributed by atoms with Gasteiger partial charge in [-0.2, -0.15) is 0 Å². The quantitative estimate of drug-likeness (QED) is 0.658. The molecule has 0 saturated carbocycles. The van der Waals surface area contributed by atoms with Crippen LogP contribution >= 0.6 is 0 Å². The van der Waals surface area contributed by atoms with Crippen molar-refractivity contribution in [1.82, 2.24) is 16.0 Å². The maximum Gasteiger partial charge on any atom is 0.251 e. The van der Waals surface area contributed by atoms with Crippen LogP contribution in [-0.4, -0.2) is 30.3 Å². The summed E-state index contributed by atoms with van der Waals surface area (Å²) in [4.78, 5) is 36.6. The predicted molar refractivity (Wildman–Crippen MR) is 101 cm³/mol. The largest absolute Gasteiger partial charge is 0.467 e. The van der Waals surface area contributed by atoms with E-state index in [2.05, 4.69) is 16.0 Å². The molecule has 1 atom stereocenters. The van der Waals surface area contributed by atoms with E-state index >= 15 is 0 Å². The highest BCUT2D eigenvalue weighted by Crippen LogP contribution is 2.07. The number of hydrogen-bond donors (Lipinski definition) is 3. The van der Waals surface area contributed by atoms with E-state index in [-0.39, 0.29) is 30.8 Å². The van der Waals surface area contributed by atoms with Crippen LogP contribution in [0.1, 0.15) is 35.5 Å². The van der Waals surface area contributed by atoms with Gasteiger partial charge in [0.25, 0.3) is 5.91 Å². The fourth-order valence-electron chi connectivity index (χ4n) is 2.40. The molecular weight excluding hydrogens is 346 g/mol. The van der Waals surface area contributed by atoms with Gasteiger partial charge < -0.3 is 20.4 Å². The Morgan fingerprint density at radius 2 is 1.74 bits per heavy atom. The third-order valence-electron chi connectivity index (χ3n) is 4.01. The van der Waals surface area contributed by atoms with Crippen LogP contribution in [0.15, 0.2) is 47.1 Å². The second-order valence-corrected chi connectivity index (χ2v) is 6.64. The average Bonchev–Trinajstić information content (AvgIpc) is 3.16. The lowest BCUT2D eigenvalue weighted by Crippen LogP contribution is -2.51. The van der Waals surface area contributed by atoms with Crippen LogP contribution in [0, 0.1) is 12.8 Å². The van der Waals surface area contributed by atoms with Crippen LogP contribution in [0.5, 0.6) is 0 Å². The SMILES string of the molecule is Cc1ccc(C(=O)NC(C(=O)NCC(=O)NCc2ccco2)C(C)C)cc1. The van der Waals surface area contributed by atoms with Crippen LogP contribution in [0.3, 0.4) is 0 Å². The van der Waals surface area contributed by atoms with Gasteiger partial charge in [-0.1, -0.05) is 31.5 Å². The van der Waals surface area contributed by atoms with E-state index in [4.69, 9.17) is 4.42 Å². The van der Waals surface area contributed by atoms with Crippen LogP contribution in [-0.2, 0) is 16.1 Å². The third kappa shape index (κ3) is 6.29. The normalized spacial score (nSPS) is 11.7. The molecule has 1 aromatic carbocycles. The number of carbonyl (C=O) groups is 3. The standard InChI is InChI=1S/C20H25N3O4/c1-13(2)18(23-19(25)15-8-6-14(3)7-9-15)20(26)22-12-17(24)21-11-16-5-4-10-27-16/h4-10,13,18H,11-12H2,1-3H3,(H,21,24)(H,22,26)(H,23,25). The number of rotatable bonds is 8. The molecule has 144 valence electrons. The lowest BCUT2D eigenvalue weighted by Gasteiger charge is -2.21. The zero-order valence-corrected chi connectivity index (χ0v) is 15.7. The first-order valence-corrected chi connectivity index (χ1v) is 8.81.